The number of carbonyl (C=O) groups is 2. The zero-order chi connectivity index (χ0) is 20.6. The molecule has 1 unspecified atom stereocenters. The molecule has 0 aliphatic heterocycles. The molecule has 1 N–H and O–H groups in total. The maximum atomic E-state index is 13.0. The Morgan fingerprint density at radius 3 is 2.38 bits per heavy atom. The van der Waals surface area contributed by atoms with Gasteiger partial charge in [-0.3, -0.25) is 4.79 Å². The predicted molar refractivity (Wildman–Crippen MR) is 113 cm³/mol. The minimum Gasteiger partial charge on any atom is -0.496 e. The largest absolute Gasteiger partial charge is 0.496 e. The molecule has 0 heterocycles. The number of benzene rings is 2. The fourth-order valence-corrected chi connectivity index (χ4v) is 3.49. The second kappa shape index (κ2) is 9.92. The number of rotatable bonds is 7. The van der Waals surface area contributed by atoms with E-state index in [2.05, 4.69) is 5.32 Å². The van der Waals surface area contributed by atoms with Crippen molar-refractivity contribution in [3.05, 3.63) is 65.7 Å². The molecule has 1 atom stereocenters. The molecule has 5 heteroatoms. The molecule has 1 aliphatic carbocycles. The summed E-state index contributed by atoms with van der Waals surface area (Å²) in [7, 11) is 1.59. The van der Waals surface area contributed by atoms with Crippen LogP contribution >= 0.6 is 0 Å². The fraction of sp³-hybridized carbons (Fsp3) is 0.333. The van der Waals surface area contributed by atoms with Crippen molar-refractivity contribution >= 4 is 23.5 Å². The summed E-state index contributed by atoms with van der Waals surface area (Å²) in [6.45, 7) is 1.61. The quantitative estimate of drug-likeness (QED) is 0.434. The highest BCUT2D eigenvalue weighted by atomic mass is 16.5. The number of para-hydroxylation sites is 1. The summed E-state index contributed by atoms with van der Waals surface area (Å²) in [5.74, 6) is -0.146. The number of amides is 1. The van der Waals surface area contributed by atoms with Crippen LogP contribution in [0.25, 0.3) is 11.6 Å². The van der Waals surface area contributed by atoms with Crippen molar-refractivity contribution in [1.82, 2.24) is 5.32 Å². The Labute approximate surface area is 171 Å². The van der Waals surface area contributed by atoms with Gasteiger partial charge in [0.15, 0.2) is 6.10 Å². The van der Waals surface area contributed by atoms with Gasteiger partial charge < -0.3 is 14.8 Å². The van der Waals surface area contributed by atoms with Gasteiger partial charge in [0.1, 0.15) is 5.75 Å². The fourth-order valence-electron chi connectivity index (χ4n) is 3.49. The zero-order valence-electron chi connectivity index (χ0n) is 16.9. The second-order valence-corrected chi connectivity index (χ2v) is 7.20. The molecule has 3 rings (SSSR count). The van der Waals surface area contributed by atoms with E-state index >= 15 is 0 Å². The number of ether oxygens (including phenoxy) is 2. The van der Waals surface area contributed by atoms with E-state index in [0.717, 1.165) is 31.2 Å². The summed E-state index contributed by atoms with van der Waals surface area (Å²) in [5, 5.41) is 2.98. The highest BCUT2D eigenvalue weighted by Crippen LogP contribution is 2.26. The predicted octanol–water partition coefficient (Wildman–Crippen LogP) is 4.23. The van der Waals surface area contributed by atoms with Crippen LogP contribution in [0.5, 0.6) is 5.75 Å². The van der Waals surface area contributed by atoms with E-state index in [1.807, 2.05) is 54.6 Å². The van der Waals surface area contributed by atoms with Crippen LogP contribution in [-0.2, 0) is 14.3 Å². The Hall–Kier alpha value is -3.08. The molecular weight excluding hydrogens is 366 g/mol. The molecule has 0 radical (unpaired) electrons. The minimum atomic E-state index is -0.868. The standard InChI is InChI=1S/C24H27NO4/c1-17(23(26)25-20-13-7-8-14-20)29-24(27)21(18-10-4-3-5-11-18)16-19-12-6-9-15-22(19)28-2/h3-6,9-12,15-17,20H,7-8,13-14H2,1-2H3,(H,25,26)/b21-16+. The van der Waals surface area contributed by atoms with E-state index in [0.29, 0.717) is 16.9 Å². The third kappa shape index (κ3) is 5.47. The molecule has 1 fully saturated rings. The Bertz CT molecular complexity index is 869. The highest BCUT2D eigenvalue weighted by molar-refractivity contribution is 6.22. The molecule has 0 bridgehead atoms. The van der Waals surface area contributed by atoms with Crippen molar-refractivity contribution in [3.8, 4) is 5.75 Å². The maximum Gasteiger partial charge on any atom is 0.339 e. The Kier molecular flexibility index (Phi) is 7.06. The van der Waals surface area contributed by atoms with Crippen molar-refractivity contribution < 1.29 is 19.1 Å². The average Bonchev–Trinajstić information content (AvgIpc) is 3.25. The Balaban J connectivity index is 1.81. The van der Waals surface area contributed by atoms with Crippen LogP contribution in [0.4, 0.5) is 0 Å². The van der Waals surface area contributed by atoms with Crippen LogP contribution < -0.4 is 10.1 Å². The van der Waals surface area contributed by atoms with Gasteiger partial charge in [0.2, 0.25) is 0 Å². The third-order valence-corrected chi connectivity index (χ3v) is 5.10. The molecular formula is C24H27NO4. The zero-order valence-corrected chi connectivity index (χ0v) is 16.9. The molecule has 1 saturated carbocycles. The van der Waals surface area contributed by atoms with Crippen molar-refractivity contribution in [2.45, 2.75) is 44.8 Å². The normalized spacial score (nSPS) is 15.6. The van der Waals surface area contributed by atoms with Crippen LogP contribution in [0, 0.1) is 0 Å². The summed E-state index contributed by atoms with van der Waals surface area (Å²) in [5.41, 5.74) is 1.84. The van der Waals surface area contributed by atoms with Gasteiger partial charge in [0.05, 0.1) is 12.7 Å². The van der Waals surface area contributed by atoms with Crippen LogP contribution in [0.1, 0.15) is 43.7 Å². The van der Waals surface area contributed by atoms with Gasteiger partial charge in [-0.1, -0.05) is 61.4 Å². The van der Waals surface area contributed by atoms with E-state index in [1.165, 1.54) is 0 Å². The number of methoxy groups -OCH3 is 1. The summed E-state index contributed by atoms with van der Waals surface area (Å²) in [4.78, 5) is 25.4. The van der Waals surface area contributed by atoms with Gasteiger partial charge in [-0.05, 0) is 37.5 Å². The first kappa shape index (κ1) is 20.6. The molecule has 29 heavy (non-hydrogen) atoms. The molecule has 1 aliphatic rings. The van der Waals surface area contributed by atoms with Gasteiger partial charge in [0, 0.05) is 11.6 Å². The molecule has 1 amide bonds. The first-order chi connectivity index (χ1) is 14.1. The molecule has 5 nitrogen and oxygen atoms in total. The van der Waals surface area contributed by atoms with Crippen molar-refractivity contribution in [2.24, 2.45) is 0 Å². The van der Waals surface area contributed by atoms with Crippen LogP contribution in [0.15, 0.2) is 54.6 Å². The Morgan fingerprint density at radius 2 is 1.69 bits per heavy atom. The lowest BCUT2D eigenvalue weighted by Crippen LogP contribution is -2.40. The maximum absolute atomic E-state index is 13.0. The molecule has 2 aromatic rings. The first-order valence-electron chi connectivity index (χ1n) is 10.00. The van der Waals surface area contributed by atoms with Gasteiger partial charge in [0.25, 0.3) is 5.91 Å². The van der Waals surface area contributed by atoms with E-state index in [4.69, 9.17) is 9.47 Å². The van der Waals surface area contributed by atoms with Gasteiger partial charge in [-0.25, -0.2) is 4.79 Å². The van der Waals surface area contributed by atoms with E-state index in [9.17, 15) is 9.59 Å². The lowest BCUT2D eigenvalue weighted by Gasteiger charge is -2.18. The highest BCUT2D eigenvalue weighted by Gasteiger charge is 2.25. The summed E-state index contributed by atoms with van der Waals surface area (Å²) < 4.78 is 10.9. The van der Waals surface area contributed by atoms with Crippen LogP contribution in [-0.4, -0.2) is 31.1 Å². The summed E-state index contributed by atoms with van der Waals surface area (Å²) in [6.07, 6.45) is 5.08. The molecule has 0 saturated heterocycles. The minimum absolute atomic E-state index is 0.182. The van der Waals surface area contributed by atoms with Crippen LogP contribution in [0.2, 0.25) is 0 Å². The number of esters is 1. The second-order valence-electron chi connectivity index (χ2n) is 7.20. The number of nitrogens with one attached hydrogen (secondary N) is 1. The SMILES string of the molecule is COc1ccccc1/C=C(/C(=O)OC(C)C(=O)NC1CCCC1)c1ccccc1. The van der Waals surface area contributed by atoms with E-state index in [1.54, 1.807) is 20.1 Å². The molecule has 0 spiro atoms. The van der Waals surface area contributed by atoms with Crippen molar-refractivity contribution in [3.63, 3.8) is 0 Å². The van der Waals surface area contributed by atoms with Crippen molar-refractivity contribution in [1.29, 1.82) is 0 Å². The molecule has 0 aromatic heterocycles. The molecule has 152 valence electrons. The lowest BCUT2D eigenvalue weighted by atomic mass is 10.0. The smallest absolute Gasteiger partial charge is 0.339 e. The summed E-state index contributed by atoms with van der Waals surface area (Å²) in [6, 6.07) is 16.9. The number of carbonyl (C=O) groups excluding carboxylic acids is 2. The van der Waals surface area contributed by atoms with Gasteiger partial charge in [-0.2, -0.15) is 0 Å². The lowest BCUT2D eigenvalue weighted by molar-refractivity contribution is -0.149. The van der Waals surface area contributed by atoms with E-state index in [-0.39, 0.29) is 11.9 Å². The van der Waals surface area contributed by atoms with E-state index < -0.39 is 12.1 Å². The topological polar surface area (TPSA) is 64.6 Å². The number of hydrogen-bond acceptors (Lipinski definition) is 4. The first-order valence-corrected chi connectivity index (χ1v) is 10.00. The Morgan fingerprint density at radius 1 is 1.03 bits per heavy atom. The summed E-state index contributed by atoms with van der Waals surface area (Å²) >= 11 is 0. The average molecular weight is 393 g/mol. The monoisotopic (exact) mass is 393 g/mol. The van der Waals surface area contributed by atoms with Gasteiger partial charge >= 0.3 is 5.97 Å². The number of hydrogen-bond donors (Lipinski definition) is 1. The van der Waals surface area contributed by atoms with Crippen molar-refractivity contribution in [2.75, 3.05) is 7.11 Å². The molecule has 2 aromatic carbocycles. The van der Waals surface area contributed by atoms with Crippen LogP contribution in [0.3, 0.4) is 0 Å². The third-order valence-electron chi connectivity index (χ3n) is 5.10. The van der Waals surface area contributed by atoms with Gasteiger partial charge in [-0.15, -0.1) is 0 Å².